The van der Waals surface area contributed by atoms with E-state index in [2.05, 4.69) is 4.98 Å². The Kier molecular flexibility index (Phi) is 5.74. The van der Waals surface area contributed by atoms with Gasteiger partial charge in [0.15, 0.2) is 9.34 Å². The van der Waals surface area contributed by atoms with Gasteiger partial charge in [0, 0.05) is 23.8 Å². The van der Waals surface area contributed by atoms with Crippen LogP contribution >= 0.6 is 11.3 Å². The largest absolute Gasteiger partial charge is 0.331 e. The highest BCUT2D eigenvalue weighted by atomic mass is 32.2. The number of halogens is 2. The van der Waals surface area contributed by atoms with Crippen molar-refractivity contribution in [3.8, 4) is 11.1 Å². The van der Waals surface area contributed by atoms with Crippen LogP contribution in [0.15, 0.2) is 46.7 Å². The first-order valence-electron chi connectivity index (χ1n) is 9.72. The zero-order valence-electron chi connectivity index (χ0n) is 17.2. The average Bonchev–Trinajstić information content (AvgIpc) is 3.12. The summed E-state index contributed by atoms with van der Waals surface area (Å²) >= 11 is 0.858. The fourth-order valence-electron chi connectivity index (χ4n) is 3.64. The molecule has 11 heteroatoms. The second-order valence-electron chi connectivity index (χ2n) is 7.53. The van der Waals surface area contributed by atoms with Crippen molar-refractivity contribution >= 4 is 38.2 Å². The smallest absolute Gasteiger partial charge is 0.294 e. The summed E-state index contributed by atoms with van der Waals surface area (Å²) in [6.45, 7) is 3.83. The lowest BCUT2D eigenvalue weighted by atomic mass is 10.0. The number of carbonyl (C=O) groups is 1. The number of aryl methyl sites for hydroxylation is 1. The number of rotatable bonds is 4. The van der Waals surface area contributed by atoms with Crippen molar-refractivity contribution in [2.24, 2.45) is 5.14 Å². The molecule has 2 heterocycles. The van der Waals surface area contributed by atoms with Crippen LogP contribution in [0.2, 0.25) is 0 Å². The van der Waals surface area contributed by atoms with Gasteiger partial charge < -0.3 is 0 Å². The standard InChI is InChI=1S/C21H20F2N4O3S2/c1-12-9-10-26(21(28)27(12)20-25-13(2)19(31-20)32(24,29)30)16-6-3-14(4-7-16)17-11-15(22)5-8-18(17)23/h3-8,11-12H,9-10H2,1-2H3,(H2,24,29,30). The fourth-order valence-corrected chi connectivity index (χ4v) is 5.69. The normalized spacial score (nSPS) is 17.2. The molecular formula is C21H20F2N4O3S2. The molecule has 0 radical (unpaired) electrons. The van der Waals surface area contributed by atoms with Gasteiger partial charge >= 0.3 is 6.03 Å². The number of benzene rings is 2. The lowest BCUT2D eigenvalue weighted by Gasteiger charge is -2.38. The minimum atomic E-state index is -3.94. The number of thiazole rings is 1. The Labute approximate surface area is 188 Å². The molecule has 2 N–H and O–H groups in total. The summed E-state index contributed by atoms with van der Waals surface area (Å²) in [6.07, 6.45) is 0.620. The summed E-state index contributed by atoms with van der Waals surface area (Å²) in [4.78, 5) is 20.5. The van der Waals surface area contributed by atoms with Gasteiger partial charge in [0.1, 0.15) is 11.6 Å². The Morgan fingerprint density at radius 2 is 1.84 bits per heavy atom. The van der Waals surface area contributed by atoms with Crippen molar-refractivity contribution in [2.45, 2.75) is 30.5 Å². The Morgan fingerprint density at radius 3 is 2.47 bits per heavy atom. The Morgan fingerprint density at radius 1 is 1.16 bits per heavy atom. The molecule has 1 atom stereocenters. The van der Waals surface area contributed by atoms with Crippen LogP contribution in [-0.2, 0) is 10.0 Å². The fraction of sp³-hybridized carbons (Fsp3) is 0.238. The van der Waals surface area contributed by atoms with Gasteiger partial charge in [-0.2, -0.15) is 0 Å². The van der Waals surface area contributed by atoms with Crippen LogP contribution in [0.1, 0.15) is 19.0 Å². The zero-order valence-corrected chi connectivity index (χ0v) is 18.9. The third-order valence-corrected chi connectivity index (χ3v) is 7.98. The van der Waals surface area contributed by atoms with Gasteiger partial charge in [0.2, 0.25) is 10.0 Å². The molecule has 1 fully saturated rings. The Hall–Kier alpha value is -2.89. The third kappa shape index (κ3) is 4.10. The van der Waals surface area contributed by atoms with E-state index in [1.807, 2.05) is 6.92 Å². The average molecular weight is 479 g/mol. The van der Waals surface area contributed by atoms with Crippen molar-refractivity contribution in [3.63, 3.8) is 0 Å². The SMILES string of the molecule is Cc1nc(N2C(=O)N(c3ccc(-c4cc(F)ccc4F)cc3)CCC2C)sc1S(N)(=O)=O. The van der Waals surface area contributed by atoms with E-state index in [0.29, 0.717) is 24.2 Å². The van der Waals surface area contributed by atoms with Crippen LogP contribution in [0.5, 0.6) is 0 Å². The number of amides is 2. The summed E-state index contributed by atoms with van der Waals surface area (Å²) in [7, 11) is -3.94. The number of sulfonamides is 1. The summed E-state index contributed by atoms with van der Waals surface area (Å²) in [6, 6.07) is 9.25. The van der Waals surface area contributed by atoms with Gasteiger partial charge in [-0.05, 0) is 56.2 Å². The molecular weight excluding hydrogens is 458 g/mol. The van der Waals surface area contributed by atoms with Crippen molar-refractivity contribution in [2.75, 3.05) is 16.3 Å². The predicted molar refractivity (Wildman–Crippen MR) is 119 cm³/mol. The molecule has 0 saturated carbocycles. The minimum absolute atomic E-state index is 0.0777. The third-order valence-electron chi connectivity index (χ3n) is 5.27. The maximum absolute atomic E-state index is 14.1. The first kappa shape index (κ1) is 22.3. The first-order chi connectivity index (χ1) is 15.1. The highest BCUT2D eigenvalue weighted by molar-refractivity contribution is 7.91. The molecule has 1 saturated heterocycles. The lowest BCUT2D eigenvalue weighted by molar-refractivity contribution is 0.245. The minimum Gasteiger partial charge on any atom is -0.294 e. The van der Waals surface area contributed by atoms with E-state index in [4.69, 9.17) is 5.14 Å². The highest BCUT2D eigenvalue weighted by Gasteiger charge is 2.35. The zero-order chi connectivity index (χ0) is 23.2. The number of aromatic nitrogens is 1. The van der Waals surface area contributed by atoms with Crippen LogP contribution in [0, 0.1) is 18.6 Å². The molecule has 1 aromatic heterocycles. The number of hydrogen-bond acceptors (Lipinski definition) is 5. The second kappa shape index (κ2) is 8.23. The molecule has 2 aromatic carbocycles. The summed E-state index contributed by atoms with van der Waals surface area (Å²) < 4.78 is 51.1. The number of nitrogens with zero attached hydrogens (tertiary/aromatic N) is 3. The van der Waals surface area contributed by atoms with E-state index < -0.39 is 21.7 Å². The van der Waals surface area contributed by atoms with E-state index in [0.717, 1.165) is 29.5 Å². The summed E-state index contributed by atoms with van der Waals surface area (Å²) in [5.41, 5.74) is 1.43. The maximum Gasteiger partial charge on any atom is 0.331 e. The monoisotopic (exact) mass is 478 g/mol. The van der Waals surface area contributed by atoms with Crippen LogP contribution in [0.3, 0.4) is 0 Å². The lowest BCUT2D eigenvalue weighted by Crippen LogP contribution is -2.54. The van der Waals surface area contributed by atoms with Gasteiger partial charge in [0.25, 0.3) is 0 Å². The van der Waals surface area contributed by atoms with Gasteiger partial charge in [-0.25, -0.2) is 32.1 Å². The number of hydrogen-bond donors (Lipinski definition) is 1. The molecule has 0 spiro atoms. The number of primary sulfonamides is 1. The van der Waals surface area contributed by atoms with Crippen molar-refractivity contribution in [1.29, 1.82) is 0 Å². The maximum atomic E-state index is 14.1. The molecule has 0 aliphatic carbocycles. The molecule has 1 aliphatic heterocycles. The van der Waals surface area contributed by atoms with E-state index in [9.17, 15) is 22.0 Å². The van der Waals surface area contributed by atoms with Crippen molar-refractivity contribution in [1.82, 2.24) is 4.98 Å². The quantitative estimate of drug-likeness (QED) is 0.606. The first-order valence-corrected chi connectivity index (χ1v) is 12.1. The topological polar surface area (TPSA) is 96.6 Å². The number of nitrogens with two attached hydrogens (primary N) is 1. The van der Waals surface area contributed by atoms with E-state index in [-0.39, 0.29) is 32.7 Å². The molecule has 0 bridgehead atoms. The van der Waals surface area contributed by atoms with Crippen LogP contribution in [0.4, 0.5) is 24.4 Å². The van der Waals surface area contributed by atoms with Gasteiger partial charge in [-0.15, -0.1) is 0 Å². The van der Waals surface area contributed by atoms with Crippen molar-refractivity contribution in [3.05, 3.63) is 59.8 Å². The second-order valence-corrected chi connectivity index (χ2v) is 10.3. The van der Waals surface area contributed by atoms with E-state index in [1.54, 1.807) is 29.2 Å². The van der Waals surface area contributed by atoms with Gasteiger partial charge in [0.05, 0.1) is 5.69 Å². The van der Waals surface area contributed by atoms with Crippen LogP contribution in [0.25, 0.3) is 11.1 Å². The molecule has 2 amide bonds. The predicted octanol–water partition coefficient (Wildman–Crippen LogP) is 4.27. The number of urea groups is 1. The molecule has 1 aliphatic rings. The Balaban J connectivity index is 1.64. The van der Waals surface area contributed by atoms with Crippen molar-refractivity contribution < 1.29 is 22.0 Å². The summed E-state index contributed by atoms with van der Waals surface area (Å²) in [5.74, 6) is -1.09. The van der Waals surface area contributed by atoms with Crippen LogP contribution < -0.4 is 14.9 Å². The molecule has 3 aromatic rings. The van der Waals surface area contributed by atoms with E-state index in [1.165, 1.54) is 11.8 Å². The van der Waals surface area contributed by atoms with E-state index >= 15 is 0 Å². The van der Waals surface area contributed by atoms with Crippen LogP contribution in [-0.4, -0.2) is 32.0 Å². The molecule has 32 heavy (non-hydrogen) atoms. The number of carbonyl (C=O) groups excluding carboxylic acids is 1. The Bertz CT molecular complexity index is 1290. The van der Waals surface area contributed by atoms with Gasteiger partial charge in [-0.1, -0.05) is 23.5 Å². The number of anilines is 2. The molecule has 7 nitrogen and oxygen atoms in total. The summed E-state index contributed by atoms with van der Waals surface area (Å²) in [5, 5.41) is 5.51. The molecule has 1 unspecified atom stereocenters. The van der Waals surface area contributed by atoms with Gasteiger partial charge in [-0.3, -0.25) is 9.80 Å². The highest BCUT2D eigenvalue weighted by Crippen LogP contribution is 2.35. The molecule has 168 valence electrons. The molecule has 4 rings (SSSR count).